The van der Waals surface area contributed by atoms with E-state index in [0.717, 1.165) is 24.3 Å². The number of anilines is 2. The van der Waals surface area contributed by atoms with Gasteiger partial charge < -0.3 is 15.5 Å². The van der Waals surface area contributed by atoms with E-state index >= 15 is 0 Å². The molecule has 4 nitrogen and oxygen atoms in total. The quantitative estimate of drug-likeness (QED) is 0.739. The van der Waals surface area contributed by atoms with Crippen molar-refractivity contribution in [1.82, 2.24) is 5.32 Å². The third-order valence-corrected chi connectivity index (χ3v) is 4.61. The molecule has 0 saturated heterocycles. The summed E-state index contributed by atoms with van der Waals surface area (Å²) in [6.45, 7) is 0.813. The maximum absolute atomic E-state index is 12.6. The van der Waals surface area contributed by atoms with Crippen LogP contribution in [-0.4, -0.2) is 18.7 Å². The first-order chi connectivity index (χ1) is 12.8. The zero-order valence-corrected chi connectivity index (χ0v) is 14.4. The summed E-state index contributed by atoms with van der Waals surface area (Å²) in [5, 5.41) is 6.52. The molecule has 0 saturated carbocycles. The van der Waals surface area contributed by atoms with E-state index in [1.807, 2.05) is 54.6 Å². The number of carbonyl (C=O) groups excluding carboxylic acids is 1. The van der Waals surface area contributed by atoms with E-state index in [1.54, 1.807) is 0 Å². The molecule has 0 aromatic heterocycles. The van der Waals surface area contributed by atoms with Crippen LogP contribution in [0.2, 0.25) is 0 Å². The van der Waals surface area contributed by atoms with E-state index in [4.69, 9.17) is 0 Å². The predicted molar refractivity (Wildman–Crippen MR) is 105 cm³/mol. The third-order valence-electron chi connectivity index (χ3n) is 4.61. The van der Waals surface area contributed by atoms with Crippen LogP contribution in [0, 0.1) is 0 Å². The van der Waals surface area contributed by atoms with Crippen molar-refractivity contribution in [3.8, 4) is 0 Å². The van der Waals surface area contributed by atoms with Crippen LogP contribution in [0.5, 0.6) is 0 Å². The Kier molecular flexibility index (Phi) is 4.56. The summed E-state index contributed by atoms with van der Waals surface area (Å²) in [6, 6.07) is 27.9. The predicted octanol–water partition coefficient (Wildman–Crippen LogP) is 3.87. The zero-order valence-electron chi connectivity index (χ0n) is 14.4. The Morgan fingerprint density at radius 2 is 1.54 bits per heavy atom. The molecule has 0 aliphatic carbocycles. The van der Waals surface area contributed by atoms with Crippen molar-refractivity contribution in [2.45, 2.75) is 12.7 Å². The third kappa shape index (κ3) is 3.40. The summed E-state index contributed by atoms with van der Waals surface area (Å²) in [6.07, 6.45) is 0.651. The molecule has 3 aromatic rings. The first kappa shape index (κ1) is 16.2. The molecule has 4 heteroatoms. The molecule has 3 aromatic carbocycles. The smallest absolute Gasteiger partial charge is 0.254 e. The molecular weight excluding hydrogens is 322 g/mol. The minimum absolute atomic E-state index is 0.0828. The summed E-state index contributed by atoms with van der Waals surface area (Å²) < 4.78 is 0. The van der Waals surface area contributed by atoms with E-state index in [2.05, 4.69) is 45.9 Å². The van der Waals surface area contributed by atoms with Gasteiger partial charge in [0.05, 0.1) is 11.4 Å². The number of fused-ring (bicyclic) bond motifs is 1. The fourth-order valence-electron chi connectivity index (χ4n) is 3.27. The Labute approximate surface area is 153 Å². The second kappa shape index (κ2) is 7.31. The monoisotopic (exact) mass is 343 g/mol. The van der Waals surface area contributed by atoms with Crippen molar-refractivity contribution in [1.29, 1.82) is 0 Å². The molecule has 0 fully saturated rings. The molecule has 2 N–H and O–H groups in total. The maximum atomic E-state index is 12.6. The number of nitrogens with one attached hydrogen (secondary N) is 2. The minimum atomic E-state index is -0.260. The van der Waals surface area contributed by atoms with E-state index < -0.39 is 0 Å². The highest BCUT2D eigenvalue weighted by Crippen LogP contribution is 2.33. The first-order valence-corrected chi connectivity index (χ1v) is 8.83. The lowest BCUT2D eigenvalue weighted by molar-refractivity contribution is 0.0941. The summed E-state index contributed by atoms with van der Waals surface area (Å²) in [5.41, 5.74) is 4.10. The largest absolute Gasteiger partial charge is 0.347 e. The molecule has 1 aliphatic heterocycles. The number of nitrogens with zero attached hydrogens (tertiary/aromatic N) is 1. The summed E-state index contributed by atoms with van der Waals surface area (Å²) in [7, 11) is 0. The molecule has 26 heavy (non-hydrogen) atoms. The van der Waals surface area contributed by atoms with Crippen LogP contribution >= 0.6 is 0 Å². The highest BCUT2D eigenvalue weighted by atomic mass is 16.2. The van der Waals surface area contributed by atoms with E-state index in [-0.39, 0.29) is 12.2 Å². The average molecular weight is 343 g/mol. The Morgan fingerprint density at radius 3 is 2.31 bits per heavy atom. The molecular formula is C22H21N3O. The van der Waals surface area contributed by atoms with Crippen LogP contribution in [0.25, 0.3) is 0 Å². The van der Waals surface area contributed by atoms with Gasteiger partial charge in [0.25, 0.3) is 5.91 Å². The SMILES string of the molecule is O=C(NC1Nc2ccccc2N1CCc1ccccc1)c1ccccc1. The minimum Gasteiger partial charge on any atom is -0.347 e. The van der Waals surface area contributed by atoms with Crippen LogP contribution < -0.4 is 15.5 Å². The molecule has 130 valence electrons. The zero-order chi connectivity index (χ0) is 17.8. The van der Waals surface area contributed by atoms with Crippen molar-refractivity contribution in [3.05, 3.63) is 96.1 Å². The van der Waals surface area contributed by atoms with Gasteiger partial charge in [0, 0.05) is 12.1 Å². The summed E-state index contributed by atoms with van der Waals surface area (Å²) >= 11 is 0. The lowest BCUT2D eigenvalue weighted by atomic mass is 10.1. The number of rotatable bonds is 5. The average Bonchev–Trinajstić information content (AvgIpc) is 3.05. The summed E-state index contributed by atoms with van der Waals surface area (Å²) in [5.74, 6) is -0.0828. The first-order valence-electron chi connectivity index (χ1n) is 8.83. The number of hydrogen-bond donors (Lipinski definition) is 2. The molecule has 1 amide bonds. The van der Waals surface area contributed by atoms with Gasteiger partial charge in [-0.2, -0.15) is 0 Å². The fraction of sp³-hybridized carbons (Fsp3) is 0.136. The number of amides is 1. The standard InChI is InChI=1S/C22H21N3O/c26-21(18-11-5-2-6-12-18)24-22-23-19-13-7-8-14-20(19)25(22)16-15-17-9-3-1-4-10-17/h1-14,22-23H,15-16H2,(H,24,26). The van der Waals surface area contributed by atoms with Gasteiger partial charge in [-0.15, -0.1) is 0 Å². The molecule has 4 rings (SSSR count). The fourth-order valence-corrected chi connectivity index (χ4v) is 3.27. The Balaban J connectivity index is 1.52. The van der Waals surface area contributed by atoms with E-state index in [9.17, 15) is 4.79 Å². The van der Waals surface area contributed by atoms with Crippen LogP contribution in [0.15, 0.2) is 84.9 Å². The van der Waals surface area contributed by atoms with Gasteiger partial charge in [-0.05, 0) is 36.2 Å². The number of hydrogen-bond acceptors (Lipinski definition) is 3. The van der Waals surface area contributed by atoms with E-state index in [0.29, 0.717) is 5.56 Å². The molecule has 0 bridgehead atoms. The van der Waals surface area contributed by atoms with Crippen molar-refractivity contribution < 1.29 is 4.79 Å². The summed E-state index contributed by atoms with van der Waals surface area (Å²) in [4.78, 5) is 14.8. The second-order valence-corrected chi connectivity index (χ2v) is 6.33. The van der Waals surface area contributed by atoms with Gasteiger partial charge in [0.1, 0.15) is 0 Å². The van der Waals surface area contributed by atoms with Crippen LogP contribution in [-0.2, 0) is 6.42 Å². The molecule has 1 heterocycles. The number of benzene rings is 3. The van der Waals surface area contributed by atoms with Crippen molar-refractivity contribution >= 4 is 17.3 Å². The van der Waals surface area contributed by atoms with Crippen molar-refractivity contribution in [3.63, 3.8) is 0 Å². The molecule has 1 unspecified atom stereocenters. The van der Waals surface area contributed by atoms with Crippen molar-refractivity contribution in [2.75, 3.05) is 16.8 Å². The van der Waals surface area contributed by atoms with Crippen LogP contribution in [0.4, 0.5) is 11.4 Å². The van der Waals surface area contributed by atoms with Gasteiger partial charge in [0.2, 0.25) is 0 Å². The molecule has 1 atom stereocenters. The van der Waals surface area contributed by atoms with E-state index in [1.165, 1.54) is 5.56 Å². The highest BCUT2D eigenvalue weighted by molar-refractivity contribution is 5.95. The maximum Gasteiger partial charge on any atom is 0.254 e. The Morgan fingerprint density at radius 1 is 0.885 bits per heavy atom. The Hall–Kier alpha value is -3.27. The van der Waals surface area contributed by atoms with Crippen molar-refractivity contribution in [2.24, 2.45) is 0 Å². The number of carbonyl (C=O) groups is 1. The highest BCUT2D eigenvalue weighted by Gasteiger charge is 2.29. The van der Waals surface area contributed by atoms with Gasteiger partial charge in [-0.3, -0.25) is 4.79 Å². The van der Waals surface area contributed by atoms with Crippen LogP contribution in [0.3, 0.4) is 0 Å². The molecule has 0 radical (unpaired) electrons. The number of para-hydroxylation sites is 2. The van der Waals surface area contributed by atoms with Gasteiger partial charge in [-0.25, -0.2) is 0 Å². The lowest BCUT2D eigenvalue weighted by Crippen LogP contribution is -2.50. The normalized spacial score (nSPS) is 15.2. The molecule has 0 spiro atoms. The second-order valence-electron chi connectivity index (χ2n) is 6.33. The van der Waals surface area contributed by atoms with Gasteiger partial charge in [-0.1, -0.05) is 60.7 Å². The Bertz CT molecular complexity index is 880. The van der Waals surface area contributed by atoms with Gasteiger partial charge >= 0.3 is 0 Å². The topological polar surface area (TPSA) is 44.4 Å². The lowest BCUT2D eigenvalue weighted by Gasteiger charge is -2.27. The van der Waals surface area contributed by atoms with Gasteiger partial charge in [0.15, 0.2) is 6.29 Å². The van der Waals surface area contributed by atoms with Crippen LogP contribution in [0.1, 0.15) is 15.9 Å². The molecule has 1 aliphatic rings.